The number of piperidine rings is 1. The fourth-order valence-electron chi connectivity index (χ4n) is 3.82. The summed E-state index contributed by atoms with van der Waals surface area (Å²) in [6.45, 7) is 3.50. The Bertz CT molecular complexity index is 824. The van der Waals surface area contributed by atoms with E-state index in [4.69, 9.17) is 4.74 Å². The highest BCUT2D eigenvalue weighted by Crippen LogP contribution is 2.23. The Labute approximate surface area is 173 Å². The van der Waals surface area contributed by atoms with Crippen LogP contribution in [-0.2, 0) is 11.2 Å². The molecule has 1 saturated heterocycles. The summed E-state index contributed by atoms with van der Waals surface area (Å²) in [6, 6.07) is 15.7. The molecule has 2 aromatic carbocycles. The number of benzene rings is 2. The summed E-state index contributed by atoms with van der Waals surface area (Å²) < 4.78 is 5.20. The Kier molecular flexibility index (Phi) is 7.28. The zero-order valence-corrected chi connectivity index (χ0v) is 17.3. The van der Waals surface area contributed by atoms with E-state index in [1.807, 2.05) is 42.2 Å². The zero-order valence-electron chi connectivity index (χ0n) is 17.3. The van der Waals surface area contributed by atoms with Crippen LogP contribution >= 0.6 is 0 Å². The van der Waals surface area contributed by atoms with E-state index in [1.54, 1.807) is 13.2 Å². The highest BCUT2D eigenvalue weighted by atomic mass is 16.5. The standard InChI is InChI=1S/C24H30N2O3/c1-18-5-3-4-6-22(18)24(28)25-17-23(27)26-15-13-20(14-16-26)8-7-19-9-11-21(29-2)12-10-19/h3-6,9-12,20H,7-8,13-17H2,1-2H3,(H,25,28). The number of carbonyl (C=O) groups is 2. The smallest absolute Gasteiger partial charge is 0.251 e. The molecular formula is C24H30N2O3. The van der Waals surface area contributed by atoms with Gasteiger partial charge < -0.3 is 15.0 Å². The highest BCUT2D eigenvalue weighted by Gasteiger charge is 2.23. The Morgan fingerprint density at radius 1 is 1.07 bits per heavy atom. The van der Waals surface area contributed by atoms with Gasteiger partial charge in [-0.05, 0) is 67.9 Å². The van der Waals surface area contributed by atoms with E-state index in [0.717, 1.165) is 50.1 Å². The molecule has 0 aliphatic carbocycles. The molecule has 3 rings (SSSR count). The van der Waals surface area contributed by atoms with Gasteiger partial charge in [-0.2, -0.15) is 0 Å². The second kappa shape index (κ2) is 10.1. The van der Waals surface area contributed by atoms with Crippen LogP contribution in [0.15, 0.2) is 48.5 Å². The van der Waals surface area contributed by atoms with Crippen LogP contribution in [0.25, 0.3) is 0 Å². The van der Waals surface area contributed by atoms with Gasteiger partial charge in [-0.15, -0.1) is 0 Å². The van der Waals surface area contributed by atoms with E-state index in [-0.39, 0.29) is 18.4 Å². The average molecular weight is 395 g/mol. The first kappa shape index (κ1) is 20.9. The van der Waals surface area contributed by atoms with E-state index < -0.39 is 0 Å². The summed E-state index contributed by atoms with van der Waals surface area (Å²) in [7, 11) is 1.68. The SMILES string of the molecule is COc1ccc(CCC2CCN(C(=O)CNC(=O)c3ccccc3C)CC2)cc1. The summed E-state index contributed by atoms with van der Waals surface area (Å²) in [5.41, 5.74) is 2.86. The Balaban J connectivity index is 1.38. The van der Waals surface area contributed by atoms with Crippen LogP contribution in [0.5, 0.6) is 5.75 Å². The second-order valence-electron chi connectivity index (χ2n) is 7.71. The molecule has 1 fully saturated rings. The van der Waals surface area contributed by atoms with Crippen LogP contribution < -0.4 is 10.1 Å². The quantitative estimate of drug-likeness (QED) is 0.781. The average Bonchev–Trinajstić information content (AvgIpc) is 2.77. The lowest BCUT2D eigenvalue weighted by molar-refractivity contribution is -0.131. The van der Waals surface area contributed by atoms with Crippen LogP contribution in [0.4, 0.5) is 0 Å². The third-order valence-corrected chi connectivity index (χ3v) is 5.76. The lowest BCUT2D eigenvalue weighted by atomic mass is 9.90. The molecule has 0 aromatic heterocycles. The van der Waals surface area contributed by atoms with E-state index >= 15 is 0 Å². The third kappa shape index (κ3) is 5.83. The largest absolute Gasteiger partial charge is 0.497 e. The number of aryl methyl sites for hydroxylation is 2. The van der Waals surface area contributed by atoms with Crippen LogP contribution in [0.1, 0.15) is 40.7 Å². The molecule has 1 N–H and O–H groups in total. The minimum atomic E-state index is -0.189. The molecule has 0 saturated carbocycles. The molecule has 0 radical (unpaired) electrons. The van der Waals surface area contributed by atoms with Crippen molar-refractivity contribution in [3.63, 3.8) is 0 Å². The summed E-state index contributed by atoms with van der Waals surface area (Å²) in [5, 5.41) is 2.76. The van der Waals surface area contributed by atoms with Crippen molar-refractivity contribution in [3.05, 3.63) is 65.2 Å². The summed E-state index contributed by atoms with van der Waals surface area (Å²) in [4.78, 5) is 26.6. The molecule has 1 aliphatic rings. The van der Waals surface area contributed by atoms with Gasteiger partial charge in [0.2, 0.25) is 5.91 Å². The summed E-state index contributed by atoms with van der Waals surface area (Å²) in [5.74, 6) is 1.34. The number of rotatable bonds is 7. The van der Waals surface area contributed by atoms with E-state index in [0.29, 0.717) is 11.5 Å². The van der Waals surface area contributed by atoms with Crippen molar-refractivity contribution in [2.45, 2.75) is 32.6 Å². The maximum absolute atomic E-state index is 12.5. The maximum Gasteiger partial charge on any atom is 0.251 e. The maximum atomic E-state index is 12.5. The number of amides is 2. The van der Waals surface area contributed by atoms with Crippen molar-refractivity contribution < 1.29 is 14.3 Å². The van der Waals surface area contributed by atoms with Crippen LogP contribution in [0.2, 0.25) is 0 Å². The predicted octanol–water partition coefficient (Wildman–Crippen LogP) is 3.60. The molecule has 5 heteroatoms. The van der Waals surface area contributed by atoms with Crippen molar-refractivity contribution in [2.75, 3.05) is 26.7 Å². The lowest BCUT2D eigenvalue weighted by Crippen LogP contribution is -2.44. The molecule has 0 bridgehead atoms. The fraction of sp³-hybridized carbons (Fsp3) is 0.417. The molecule has 5 nitrogen and oxygen atoms in total. The molecule has 1 aliphatic heterocycles. The number of nitrogens with one attached hydrogen (secondary N) is 1. The molecule has 0 atom stereocenters. The molecule has 154 valence electrons. The molecular weight excluding hydrogens is 364 g/mol. The topological polar surface area (TPSA) is 58.6 Å². The van der Waals surface area contributed by atoms with Gasteiger partial charge in [0.05, 0.1) is 13.7 Å². The summed E-state index contributed by atoms with van der Waals surface area (Å²) in [6.07, 6.45) is 4.23. The van der Waals surface area contributed by atoms with Gasteiger partial charge in [0.15, 0.2) is 0 Å². The van der Waals surface area contributed by atoms with Gasteiger partial charge in [0.25, 0.3) is 5.91 Å². The van der Waals surface area contributed by atoms with Gasteiger partial charge in [0, 0.05) is 18.7 Å². The Morgan fingerprint density at radius 2 is 1.76 bits per heavy atom. The van der Waals surface area contributed by atoms with Gasteiger partial charge in [-0.3, -0.25) is 9.59 Å². The third-order valence-electron chi connectivity index (χ3n) is 5.76. The van der Waals surface area contributed by atoms with Gasteiger partial charge >= 0.3 is 0 Å². The molecule has 29 heavy (non-hydrogen) atoms. The first-order valence-corrected chi connectivity index (χ1v) is 10.3. The van der Waals surface area contributed by atoms with Gasteiger partial charge in [-0.1, -0.05) is 30.3 Å². The first-order chi connectivity index (χ1) is 14.1. The number of methoxy groups -OCH3 is 1. The molecule has 1 heterocycles. The normalized spacial score (nSPS) is 14.5. The van der Waals surface area contributed by atoms with Crippen molar-refractivity contribution in [2.24, 2.45) is 5.92 Å². The number of ether oxygens (including phenoxy) is 1. The number of carbonyl (C=O) groups excluding carboxylic acids is 2. The van der Waals surface area contributed by atoms with Crippen LogP contribution in [-0.4, -0.2) is 43.5 Å². The van der Waals surface area contributed by atoms with E-state index in [9.17, 15) is 9.59 Å². The van der Waals surface area contributed by atoms with Crippen molar-refractivity contribution in [3.8, 4) is 5.75 Å². The number of likely N-dealkylation sites (tertiary alicyclic amines) is 1. The van der Waals surface area contributed by atoms with Crippen molar-refractivity contribution in [1.82, 2.24) is 10.2 Å². The number of hydrogen-bond acceptors (Lipinski definition) is 3. The first-order valence-electron chi connectivity index (χ1n) is 10.3. The van der Waals surface area contributed by atoms with Crippen LogP contribution in [0, 0.1) is 12.8 Å². The minimum Gasteiger partial charge on any atom is -0.497 e. The fourth-order valence-corrected chi connectivity index (χ4v) is 3.82. The Hall–Kier alpha value is -2.82. The van der Waals surface area contributed by atoms with Crippen molar-refractivity contribution >= 4 is 11.8 Å². The molecule has 0 unspecified atom stereocenters. The van der Waals surface area contributed by atoms with Crippen LogP contribution in [0.3, 0.4) is 0 Å². The molecule has 0 spiro atoms. The molecule has 2 aromatic rings. The second-order valence-corrected chi connectivity index (χ2v) is 7.71. The lowest BCUT2D eigenvalue weighted by Gasteiger charge is -2.32. The zero-order chi connectivity index (χ0) is 20.6. The molecule has 2 amide bonds. The van der Waals surface area contributed by atoms with E-state index in [2.05, 4.69) is 17.4 Å². The van der Waals surface area contributed by atoms with Gasteiger partial charge in [-0.25, -0.2) is 0 Å². The minimum absolute atomic E-state index is 0.000499. The summed E-state index contributed by atoms with van der Waals surface area (Å²) >= 11 is 0. The van der Waals surface area contributed by atoms with Gasteiger partial charge in [0.1, 0.15) is 5.75 Å². The van der Waals surface area contributed by atoms with Crippen molar-refractivity contribution in [1.29, 1.82) is 0 Å². The predicted molar refractivity (Wildman–Crippen MR) is 114 cm³/mol. The highest BCUT2D eigenvalue weighted by molar-refractivity contribution is 5.97. The number of nitrogens with zero attached hydrogens (tertiary/aromatic N) is 1. The van der Waals surface area contributed by atoms with E-state index in [1.165, 1.54) is 5.56 Å². The number of hydrogen-bond donors (Lipinski definition) is 1. The Morgan fingerprint density at radius 3 is 2.41 bits per heavy atom. The monoisotopic (exact) mass is 394 g/mol.